The Balaban J connectivity index is 2.06. The molecule has 1 amide bonds. The van der Waals surface area contributed by atoms with E-state index in [1.165, 1.54) is 25.3 Å². The predicted octanol–water partition coefficient (Wildman–Crippen LogP) is 2.25. The van der Waals surface area contributed by atoms with Crippen LogP contribution in [0.1, 0.15) is 16.9 Å². The van der Waals surface area contributed by atoms with Gasteiger partial charge in [-0.05, 0) is 18.2 Å². The quantitative estimate of drug-likeness (QED) is 0.479. The van der Waals surface area contributed by atoms with Gasteiger partial charge in [-0.15, -0.1) is 0 Å². The molecule has 2 aromatic rings. The number of nitrogens with one attached hydrogen (secondary N) is 1. The average molecular weight is 317 g/mol. The van der Waals surface area contributed by atoms with E-state index in [9.17, 15) is 19.7 Å². The maximum absolute atomic E-state index is 12.0. The number of benzene rings is 1. The number of aldehydes is 1. The lowest BCUT2D eigenvalue weighted by molar-refractivity contribution is -0.384. The van der Waals surface area contributed by atoms with Crippen LogP contribution in [0.3, 0.4) is 0 Å². The molecule has 8 heteroatoms. The summed E-state index contributed by atoms with van der Waals surface area (Å²) in [5.41, 5.74) is 0.565. The Morgan fingerprint density at radius 1 is 1.43 bits per heavy atom. The molecule has 120 valence electrons. The first-order chi connectivity index (χ1) is 11.0. The Morgan fingerprint density at radius 3 is 2.87 bits per heavy atom. The number of non-ortho nitro benzene ring substituents is 1. The van der Waals surface area contributed by atoms with Gasteiger partial charge in [-0.25, -0.2) is 0 Å². The minimum atomic E-state index is -0.550. The maximum Gasteiger partial charge on any atom is 0.271 e. The van der Waals surface area contributed by atoms with Gasteiger partial charge in [0.1, 0.15) is 5.75 Å². The van der Waals surface area contributed by atoms with E-state index < -0.39 is 4.92 Å². The summed E-state index contributed by atoms with van der Waals surface area (Å²) in [4.78, 5) is 33.1. The fourth-order valence-corrected chi connectivity index (χ4v) is 2.08. The number of anilines is 1. The molecular weight excluding hydrogens is 302 g/mol. The molecular formula is C15H15N3O5. The molecule has 0 radical (unpaired) electrons. The van der Waals surface area contributed by atoms with E-state index in [0.29, 0.717) is 24.3 Å². The van der Waals surface area contributed by atoms with E-state index in [1.807, 2.05) is 0 Å². The van der Waals surface area contributed by atoms with Crippen LogP contribution in [0.5, 0.6) is 5.75 Å². The maximum atomic E-state index is 12.0. The Labute approximate surface area is 131 Å². The van der Waals surface area contributed by atoms with Crippen LogP contribution >= 0.6 is 0 Å². The highest BCUT2D eigenvalue weighted by atomic mass is 16.6. The van der Waals surface area contributed by atoms with Crippen molar-refractivity contribution in [1.29, 1.82) is 0 Å². The fraction of sp³-hybridized carbons (Fsp3) is 0.200. The van der Waals surface area contributed by atoms with Crippen molar-refractivity contribution in [2.75, 3.05) is 12.4 Å². The molecule has 8 nitrogen and oxygen atoms in total. The molecule has 0 aliphatic rings. The van der Waals surface area contributed by atoms with Crippen LogP contribution < -0.4 is 10.1 Å². The molecule has 1 heterocycles. The summed E-state index contributed by atoms with van der Waals surface area (Å²) >= 11 is 0. The van der Waals surface area contributed by atoms with Gasteiger partial charge in [0.25, 0.3) is 5.69 Å². The third-order valence-corrected chi connectivity index (χ3v) is 3.23. The van der Waals surface area contributed by atoms with Gasteiger partial charge < -0.3 is 14.6 Å². The number of methoxy groups -OCH3 is 1. The molecule has 23 heavy (non-hydrogen) atoms. The molecule has 1 aromatic carbocycles. The number of nitro benzene ring substituents is 1. The molecule has 0 atom stereocenters. The molecule has 0 bridgehead atoms. The van der Waals surface area contributed by atoms with Crippen molar-refractivity contribution in [2.24, 2.45) is 0 Å². The first-order valence-electron chi connectivity index (χ1n) is 6.77. The van der Waals surface area contributed by atoms with Crippen molar-refractivity contribution >= 4 is 23.6 Å². The number of amides is 1. The number of carbonyl (C=O) groups is 2. The minimum absolute atomic E-state index is 0.112. The summed E-state index contributed by atoms with van der Waals surface area (Å²) in [6.45, 7) is 0.324. The van der Waals surface area contributed by atoms with E-state index in [-0.39, 0.29) is 23.7 Å². The van der Waals surface area contributed by atoms with Crippen molar-refractivity contribution in [3.63, 3.8) is 0 Å². The molecule has 0 saturated heterocycles. The molecule has 0 fully saturated rings. The monoisotopic (exact) mass is 317 g/mol. The average Bonchev–Trinajstić information content (AvgIpc) is 3.00. The van der Waals surface area contributed by atoms with Gasteiger partial charge in [-0.1, -0.05) is 0 Å². The van der Waals surface area contributed by atoms with E-state index in [4.69, 9.17) is 4.74 Å². The van der Waals surface area contributed by atoms with Crippen LogP contribution in [0.15, 0.2) is 36.5 Å². The van der Waals surface area contributed by atoms with Crippen LogP contribution in [-0.4, -0.2) is 28.8 Å². The normalized spacial score (nSPS) is 10.1. The SMILES string of the molecule is COc1ccc([N+](=O)[O-])cc1NC(=O)CCn1cccc1C=O. The molecule has 0 saturated carbocycles. The van der Waals surface area contributed by atoms with Crippen molar-refractivity contribution in [3.8, 4) is 5.75 Å². The van der Waals surface area contributed by atoms with Crippen LogP contribution in [0.2, 0.25) is 0 Å². The second-order valence-electron chi connectivity index (χ2n) is 4.68. The fourth-order valence-electron chi connectivity index (χ4n) is 2.08. The van der Waals surface area contributed by atoms with Crippen molar-refractivity contribution in [1.82, 2.24) is 4.57 Å². The molecule has 0 aliphatic carbocycles. The van der Waals surface area contributed by atoms with Crippen LogP contribution in [0.25, 0.3) is 0 Å². The third-order valence-electron chi connectivity index (χ3n) is 3.23. The van der Waals surface area contributed by atoms with E-state index in [1.54, 1.807) is 22.9 Å². The summed E-state index contributed by atoms with van der Waals surface area (Å²) in [5, 5.41) is 13.4. The predicted molar refractivity (Wildman–Crippen MR) is 82.7 cm³/mol. The summed E-state index contributed by atoms with van der Waals surface area (Å²) in [6.07, 6.45) is 2.52. The van der Waals surface area contributed by atoms with Gasteiger partial charge in [0.2, 0.25) is 5.91 Å². The molecule has 1 N–H and O–H groups in total. The first-order valence-corrected chi connectivity index (χ1v) is 6.77. The number of hydrogen-bond donors (Lipinski definition) is 1. The molecule has 0 aliphatic heterocycles. The molecule has 0 spiro atoms. The van der Waals surface area contributed by atoms with Crippen LogP contribution in [0.4, 0.5) is 11.4 Å². The number of nitro groups is 1. The Hall–Kier alpha value is -3.16. The van der Waals surface area contributed by atoms with Gasteiger partial charge in [-0.2, -0.15) is 0 Å². The topological polar surface area (TPSA) is 103 Å². The second kappa shape index (κ2) is 7.21. The third kappa shape index (κ3) is 3.94. The number of carbonyl (C=O) groups excluding carboxylic acids is 2. The highest BCUT2D eigenvalue weighted by molar-refractivity contribution is 5.92. The zero-order chi connectivity index (χ0) is 16.8. The van der Waals surface area contributed by atoms with Crippen molar-refractivity contribution in [3.05, 3.63) is 52.3 Å². The van der Waals surface area contributed by atoms with E-state index in [0.717, 1.165) is 0 Å². The zero-order valence-electron chi connectivity index (χ0n) is 12.4. The van der Waals surface area contributed by atoms with Gasteiger partial charge >= 0.3 is 0 Å². The smallest absolute Gasteiger partial charge is 0.271 e. The largest absolute Gasteiger partial charge is 0.495 e. The zero-order valence-corrected chi connectivity index (χ0v) is 12.4. The molecule has 0 unspecified atom stereocenters. The number of rotatable bonds is 7. The number of aromatic nitrogens is 1. The highest BCUT2D eigenvalue weighted by Gasteiger charge is 2.14. The lowest BCUT2D eigenvalue weighted by Crippen LogP contribution is -2.15. The number of nitrogens with zero attached hydrogens (tertiary/aromatic N) is 2. The summed E-state index contributed by atoms with van der Waals surface area (Å²) < 4.78 is 6.73. The van der Waals surface area contributed by atoms with E-state index in [2.05, 4.69) is 5.32 Å². The summed E-state index contributed by atoms with van der Waals surface area (Å²) in [7, 11) is 1.41. The summed E-state index contributed by atoms with van der Waals surface area (Å²) in [5.74, 6) is -0.00663. The Morgan fingerprint density at radius 2 is 2.22 bits per heavy atom. The van der Waals surface area contributed by atoms with Crippen LogP contribution in [0, 0.1) is 10.1 Å². The lowest BCUT2D eigenvalue weighted by atomic mass is 10.2. The van der Waals surface area contributed by atoms with Gasteiger partial charge in [-0.3, -0.25) is 19.7 Å². The summed E-state index contributed by atoms with van der Waals surface area (Å²) in [6, 6.07) is 7.32. The lowest BCUT2D eigenvalue weighted by Gasteiger charge is -2.10. The van der Waals surface area contributed by atoms with Crippen molar-refractivity contribution in [2.45, 2.75) is 13.0 Å². The van der Waals surface area contributed by atoms with Gasteiger partial charge in [0.15, 0.2) is 6.29 Å². The molecule has 2 rings (SSSR count). The van der Waals surface area contributed by atoms with Gasteiger partial charge in [0, 0.05) is 31.3 Å². The van der Waals surface area contributed by atoms with Crippen LogP contribution in [-0.2, 0) is 11.3 Å². The van der Waals surface area contributed by atoms with E-state index >= 15 is 0 Å². The molecule has 1 aromatic heterocycles. The number of ether oxygens (including phenoxy) is 1. The highest BCUT2D eigenvalue weighted by Crippen LogP contribution is 2.28. The number of hydrogen-bond acceptors (Lipinski definition) is 5. The Kier molecular flexibility index (Phi) is 5.08. The van der Waals surface area contributed by atoms with Gasteiger partial charge in [0.05, 0.1) is 23.4 Å². The Bertz CT molecular complexity index is 738. The minimum Gasteiger partial charge on any atom is -0.495 e. The second-order valence-corrected chi connectivity index (χ2v) is 4.68. The first kappa shape index (κ1) is 16.2. The standard InChI is InChI=1S/C15H15N3O5/c1-23-14-5-4-11(18(21)22)9-13(14)16-15(20)6-8-17-7-2-3-12(17)10-19/h2-5,7,9-10H,6,8H2,1H3,(H,16,20). The van der Waals surface area contributed by atoms with Crippen molar-refractivity contribution < 1.29 is 19.2 Å². The number of aryl methyl sites for hydroxylation is 1.